The molecule has 0 aliphatic carbocycles. The van der Waals surface area contributed by atoms with Crippen LogP contribution in [-0.4, -0.2) is 47.1 Å². The molecule has 2 atom stereocenters. The van der Waals surface area contributed by atoms with E-state index in [9.17, 15) is 19.5 Å². The highest BCUT2D eigenvalue weighted by Crippen LogP contribution is 2.11. The van der Waals surface area contributed by atoms with E-state index in [0.29, 0.717) is 0 Å². The lowest BCUT2D eigenvalue weighted by atomic mass is 10.0. The van der Waals surface area contributed by atoms with Gasteiger partial charge in [0.25, 0.3) is 0 Å². The van der Waals surface area contributed by atoms with Gasteiger partial charge in [0.05, 0.1) is 12.5 Å². The predicted molar refractivity (Wildman–Crippen MR) is 78.0 cm³/mol. The summed E-state index contributed by atoms with van der Waals surface area (Å²) in [4.78, 5) is 34.2. The monoisotopic (exact) mass is 309 g/mol. The molecule has 0 saturated heterocycles. The van der Waals surface area contributed by atoms with Gasteiger partial charge in [-0.15, -0.1) is 0 Å². The second-order valence-corrected chi connectivity index (χ2v) is 4.75. The van der Waals surface area contributed by atoms with Crippen LogP contribution in [0.4, 0.5) is 0 Å². The maximum atomic E-state index is 11.8. The fourth-order valence-corrected chi connectivity index (χ4v) is 1.81. The number of carbonyl (C=O) groups is 3. The number of hydrogen-bond acceptors (Lipinski definition) is 5. The molecule has 0 bridgehead atoms. The molecule has 0 aliphatic heterocycles. The molecule has 8 heteroatoms. The Morgan fingerprint density at radius 3 is 2.27 bits per heavy atom. The fraction of sp³-hybridized carbons (Fsp3) is 0.357. The molecule has 8 nitrogen and oxygen atoms in total. The normalized spacial score (nSPS) is 13.0. The third-order valence-electron chi connectivity index (χ3n) is 2.99. The Bertz CT molecular complexity index is 544. The van der Waals surface area contributed by atoms with E-state index in [1.165, 1.54) is 19.2 Å². The predicted octanol–water partition coefficient (Wildman–Crippen LogP) is -1.03. The SMILES string of the molecule is CNC(=O)[C@H](Cc1ccc(O)cc1)NC(=O)[C@@H](N)CC(=O)O. The fourth-order valence-electron chi connectivity index (χ4n) is 1.81. The number of nitrogens with two attached hydrogens (primary N) is 1. The van der Waals surface area contributed by atoms with E-state index in [0.717, 1.165) is 5.56 Å². The standard InChI is InChI=1S/C14H19N3O5/c1-16-14(22)11(6-8-2-4-9(18)5-3-8)17-13(21)10(15)7-12(19)20/h2-5,10-11,18H,6-7,15H2,1H3,(H,16,22)(H,17,21)(H,19,20)/t10-,11-/m0/s1. The number of carboxylic acids is 1. The van der Waals surface area contributed by atoms with E-state index >= 15 is 0 Å². The Balaban J connectivity index is 2.76. The minimum atomic E-state index is -1.23. The zero-order valence-corrected chi connectivity index (χ0v) is 12.1. The Morgan fingerprint density at radius 2 is 1.77 bits per heavy atom. The average Bonchev–Trinajstić information content (AvgIpc) is 2.47. The molecular weight excluding hydrogens is 290 g/mol. The average molecular weight is 309 g/mol. The van der Waals surface area contributed by atoms with Crippen molar-refractivity contribution in [3.63, 3.8) is 0 Å². The summed E-state index contributed by atoms with van der Waals surface area (Å²) >= 11 is 0. The van der Waals surface area contributed by atoms with Crippen LogP contribution in [0.1, 0.15) is 12.0 Å². The lowest BCUT2D eigenvalue weighted by Gasteiger charge is -2.19. The van der Waals surface area contributed by atoms with E-state index in [1.807, 2.05) is 0 Å². The third-order valence-corrected chi connectivity index (χ3v) is 2.99. The van der Waals surface area contributed by atoms with Gasteiger partial charge >= 0.3 is 5.97 Å². The van der Waals surface area contributed by atoms with Crippen LogP contribution < -0.4 is 16.4 Å². The highest BCUT2D eigenvalue weighted by molar-refractivity contribution is 5.91. The van der Waals surface area contributed by atoms with Crippen molar-refractivity contribution in [2.24, 2.45) is 5.73 Å². The number of amides is 2. The first kappa shape index (κ1) is 17.4. The first-order valence-electron chi connectivity index (χ1n) is 6.60. The molecule has 0 unspecified atom stereocenters. The Kier molecular flexibility index (Phi) is 6.33. The van der Waals surface area contributed by atoms with E-state index in [2.05, 4.69) is 10.6 Å². The van der Waals surface area contributed by atoms with Crippen molar-refractivity contribution in [1.82, 2.24) is 10.6 Å². The lowest BCUT2D eigenvalue weighted by Crippen LogP contribution is -2.52. The van der Waals surface area contributed by atoms with Gasteiger partial charge < -0.3 is 26.6 Å². The van der Waals surface area contributed by atoms with Crippen molar-refractivity contribution < 1.29 is 24.6 Å². The summed E-state index contributed by atoms with van der Waals surface area (Å²) in [6.45, 7) is 0. The lowest BCUT2D eigenvalue weighted by molar-refractivity contribution is -0.139. The molecule has 1 aromatic rings. The summed E-state index contributed by atoms with van der Waals surface area (Å²) in [6, 6.07) is 4.05. The first-order chi connectivity index (χ1) is 10.3. The van der Waals surface area contributed by atoms with Crippen LogP contribution in [0.2, 0.25) is 0 Å². The number of aliphatic carboxylic acids is 1. The largest absolute Gasteiger partial charge is 0.508 e. The topological polar surface area (TPSA) is 142 Å². The second kappa shape index (κ2) is 7.99. The Morgan fingerprint density at radius 1 is 1.18 bits per heavy atom. The van der Waals surface area contributed by atoms with Crippen LogP contribution in [0.3, 0.4) is 0 Å². The zero-order chi connectivity index (χ0) is 16.7. The number of rotatable bonds is 7. The van der Waals surface area contributed by atoms with Crippen LogP contribution >= 0.6 is 0 Å². The van der Waals surface area contributed by atoms with Gasteiger partial charge in [0.1, 0.15) is 11.8 Å². The number of carboxylic acid groups (broad SMARTS) is 1. The van der Waals surface area contributed by atoms with Crippen LogP contribution in [0, 0.1) is 0 Å². The molecule has 0 aliphatic rings. The molecule has 1 aromatic carbocycles. The highest BCUT2D eigenvalue weighted by Gasteiger charge is 2.24. The summed E-state index contributed by atoms with van der Waals surface area (Å²) < 4.78 is 0. The van der Waals surface area contributed by atoms with Gasteiger partial charge in [-0.1, -0.05) is 12.1 Å². The van der Waals surface area contributed by atoms with Gasteiger partial charge in [-0.2, -0.15) is 0 Å². The molecule has 0 radical (unpaired) electrons. The molecule has 120 valence electrons. The third kappa shape index (κ3) is 5.41. The van der Waals surface area contributed by atoms with Crippen LogP contribution in [0.25, 0.3) is 0 Å². The Labute approximate surface area is 127 Å². The number of nitrogens with one attached hydrogen (secondary N) is 2. The summed E-state index contributed by atoms with van der Waals surface area (Å²) in [6.07, 6.45) is -0.336. The molecule has 0 spiro atoms. The van der Waals surface area contributed by atoms with E-state index in [-0.39, 0.29) is 12.2 Å². The van der Waals surface area contributed by atoms with Crippen molar-refractivity contribution in [3.8, 4) is 5.75 Å². The van der Waals surface area contributed by atoms with Crippen LogP contribution in [-0.2, 0) is 20.8 Å². The van der Waals surface area contributed by atoms with E-state index < -0.39 is 36.3 Å². The maximum absolute atomic E-state index is 11.8. The smallest absolute Gasteiger partial charge is 0.305 e. The molecule has 2 amide bonds. The first-order valence-corrected chi connectivity index (χ1v) is 6.60. The van der Waals surface area contributed by atoms with E-state index in [1.54, 1.807) is 12.1 Å². The quantitative estimate of drug-likeness (QED) is 0.436. The summed E-state index contributed by atoms with van der Waals surface area (Å²) in [5.41, 5.74) is 6.18. The van der Waals surface area contributed by atoms with Gasteiger partial charge in [0.15, 0.2) is 0 Å². The van der Waals surface area contributed by atoms with Crippen molar-refractivity contribution in [1.29, 1.82) is 0 Å². The zero-order valence-electron chi connectivity index (χ0n) is 12.1. The van der Waals surface area contributed by atoms with Gasteiger partial charge in [0, 0.05) is 13.5 Å². The highest BCUT2D eigenvalue weighted by atomic mass is 16.4. The Hall–Kier alpha value is -2.61. The summed E-state index contributed by atoms with van der Waals surface area (Å²) in [5.74, 6) is -2.25. The number of aromatic hydroxyl groups is 1. The molecule has 0 aromatic heterocycles. The summed E-state index contributed by atoms with van der Waals surface area (Å²) in [5, 5.41) is 22.7. The molecule has 1 rings (SSSR count). The molecule has 0 heterocycles. The van der Waals surface area contributed by atoms with Crippen molar-refractivity contribution in [3.05, 3.63) is 29.8 Å². The van der Waals surface area contributed by atoms with Gasteiger partial charge in [0.2, 0.25) is 11.8 Å². The minimum Gasteiger partial charge on any atom is -0.508 e. The molecule has 22 heavy (non-hydrogen) atoms. The number of benzene rings is 1. The number of phenolic OH excluding ortho intramolecular Hbond substituents is 1. The molecule has 6 N–H and O–H groups in total. The maximum Gasteiger partial charge on any atom is 0.305 e. The molecular formula is C14H19N3O5. The molecule has 0 saturated carbocycles. The van der Waals surface area contributed by atoms with Gasteiger partial charge in [-0.3, -0.25) is 14.4 Å². The van der Waals surface area contributed by atoms with Crippen molar-refractivity contribution in [2.45, 2.75) is 24.9 Å². The number of phenols is 1. The van der Waals surface area contributed by atoms with Gasteiger partial charge in [-0.25, -0.2) is 0 Å². The summed E-state index contributed by atoms with van der Waals surface area (Å²) in [7, 11) is 1.43. The van der Waals surface area contributed by atoms with Gasteiger partial charge in [-0.05, 0) is 17.7 Å². The minimum absolute atomic E-state index is 0.0905. The van der Waals surface area contributed by atoms with Crippen molar-refractivity contribution in [2.75, 3.05) is 7.05 Å². The van der Waals surface area contributed by atoms with E-state index in [4.69, 9.17) is 10.8 Å². The number of carbonyl (C=O) groups excluding carboxylic acids is 2. The second-order valence-electron chi connectivity index (χ2n) is 4.75. The van der Waals surface area contributed by atoms with Crippen molar-refractivity contribution >= 4 is 17.8 Å². The molecule has 0 fully saturated rings. The number of likely N-dealkylation sites (N-methyl/N-ethyl adjacent to an activating group) is 1. The van der Waals surface area contributed by atoms with Crippen LogP contribution in [0.5, 0.6) is 5.75 Å². The number of hydrogen-bond donors (Lipinski definition) is 5. The van der Waals surface area contributed by atoms with Crippen LogP contribution in [0.15, 0.2) is 24.3 Å².